The van der Waals surface area contributed by atoms with Crippen LogP contribution in [0.2, 0.25) is 5.02 Å². The lowest BCUT2D eigenvalue weighted by Gasteiger charge is -2.11. The molecule has 1 aliphatic heterocycles. The van der Waals surface area contributed by atoms with E-state index in [-0.39, 0.29) is 45.3 Å². The van der Waals surface area contributed by atoms with Crippen molar-refractivity contribution in [1.29, 1.82) is 0 Å². The number of carbonyl (C=O) groups excluding carboxylic acids is 2. The Balaban J connectivity index is 1.41. The number of carbonyl (C=O) groups is 2. The number of halogens is 1. The maximum atomic E-state index is 13.0. The van der Waals surface area contributed by atoms with Crippen molar-refractivity contribution in [2.45, 2.75) is 13.8 Å². The second-order valence-electron chi connectivity index (χ2n) is 8.41. The average Bonchev–Trinajstić information content (AvgIpc) is 3.45. The van der Waals surface area contributed by atoms with Crippen LogP contribution < -0.4 is 9.47 Å². The number of nitro benzene ring substituents is 1. The van der Waals surface area contributed by atoms with E-state index in [1.165, 1.54) is 24.3 Å². The molecule has 4 aromatic rings. The number of nitrogens with zero attached hydrogens (tertiary/aromatic N) is 2. The summed E-state index contributed by atoms with van der Waals surface area (Å²) in [6, 6.07) is 16.4. The Kier molecular flexibility index (Phi) is 7.14. The molecule has 1 aromatic heterocycles. The fourth-order valence-corrected chi connectivity index (χ4v) is 5.22. The summed E-state index contributed by atoms with van der Waals surface area (Å²) >= 11 is 7.39. The Morgan fingerprint density at radius 1 is 1.13 bits per heavy atom. The topological polar surface area (TPSA) is 117 Å². The number of hydrogen-bond donors (Lipinski definition) is 0. The third kappa shape index (κ3) is 5.38. The van der Waals surface area contributed by atoms with E-state index < -0.39 is 16.9 Å². The molecule has 1 aliphatic rings. The summed E-state index contributed by atoms with van der Waals surface area (Å²) in [5.74, 6) is -0.697. The molecule has 39 heavy (non-hydrogen) atoms. The number of ether oxygens (including phenoxy) is 3. The van der Waals surface area contributed by atoms with Gasteiger partial charge in [0, 0.05) is 27.8 Å². The molecule has 0 unspecified atom stereocenters. The second kappa shape index (κ2) is 10.7. The summed E-state index contributed by atoms with van der Waals surface area (Å²) in [6.45, 7) is 4.02. The van der Waals surface area contributed by atoms with Crippen LogP contribution in [0.3, 0.4) is 0 Å². The van der Waals surface area contributed by atoms with Gasteiger partial charge >= 0.3 is 11.9 Å². The van der Waals surface area contributed by atoms with Crippen molar-refractivity contribution in [2.75, 3.05) is 6.61 Å². The molecule has 9 nitrogen and oxygen atoms in total. The number of rotatable bonds is 7. The van der Waals surface area contributed by atoms with E-state index in [2.05, 4.69) is 4.99 Å². The van der Waals surface area contributed by atoms with Gasteiger partial charge in [-0.05, 0) is 55.8 Å². The first-order chi connectivity index (χ1) is 18.7. The molecule has 3 aromatic carbocycles. The predicted molar refractivity (Wildman–Crippen MR) is 148 cm³/mol. The lowest BCUT2D eigenvalue weighted by Crippen LogP contribution is -2.08. The fourth-order valence-electron chi connectivity index (χ4n) is 3.80. The van der Waals surface area contributed by atoms with Crippen molar-refractivity contribution in [3.8, 4) is 11.5 Å². The van der Waals surface area contributed by atoms with Gasteiger partial charge in [0.2, 0.25) is 5.90 Å². The molecule has 0 N–H and O–H groups in total. The molecule has 0 atom stereocenters. The number of aryl methyl sites for hydroxylation is 1. The van der Waals surface area contributed by atoms with Crippen LogP contribution in [0.1, 0.15) is 33.3 Å². The maximum absolute atomic E-state index is 13.0. The molecule has 11 heteroatoms. The van der Waals surface area contributed by atoms with Crippen LogP contribution in [0.5, 0.6) is 11.5 Å². The first kappa shape index (κ1) is 26.1. The molecule has 0 fully saturated rings. The van der Waals surface area contributed by atoms with Gasteiger partial charge in [-0.2, -0.15) is 0 Å². The molecular weight excluding hydrogens is 544 g/mol. The number of hydrogen-bond acceptors (Lipinski definition) is 9. The maximum Gasteiger partial charge on any atom is 0.363 e. The Hall–Kier alpha value is -4.54. The van der Waals surface area contributed by atoms with Gasteiger partial charge in [0.25, 0.3) is 5.69 Å². The van der Waals surface area contributed by atoms with Crippen LogP contribution in [-0.4, -0.2) is 29.4 Å². The Morgan fingerprint density at radius 2 is 1.90 bits per heavy atom. The molecule has 5 rings (SSSR count). The molecule has 0 radical (unpaired) electrons. The van der Waals surface area contributed by atoms with Crippen LogP contribution in [0.25, 0.3) is 16.2 Å². The number of aliphatic imine (C=N–C) groups is 1. The summed E-state index contributed by atoms with van der Waals surface area (Å²) in [7, 11) is 0. The molecule has 0 aliphatic carbocycles. The zero-order valence-electron chi connectivity index (χ0n) is 20.6. The van der Waals surface area contributed by atoms with Crippen LogP contribution in [0.4, 0.5) is 5.69 Å². The van der Waals surface area contributed by atoms with Crippen LogP contribution in [-0.2, 0) is 9.53 Å². The number of benzene rings is 3. The standard InChI is InChI=1S/C28H19ClN2O7S/c1-3-36-22-13-16(12-20-27(32)38-26(30-20)17-7-4-15(2)5-8-17)6-11-21(22)37-28(33)25-24(29)19-10-9-18(31(34)35)14-23(19)39-25/h4-14H,3H2,1-2H3/b20-12+. The van der Waals surface area contributed by atoms with Gasteiger partial charge in [0.15, 0.2) is 17.2 Å². The van der Waals surface area contributed by atoms with Gasteiger partial charge in [0.05, 0.1) is 16.6 Å². The van der Waals surface area contributed by atoms with Crippen molar-refractivity contribution >= 4 is 62.6 Å². The minimum atomic E-state index is -0.734. The zero-order valence-corrected chi connectivity index (χ0v) is 22.2. The first-order valence-electron chi connectivity index (χ1n) is 11.7. The highest BCUT2D eigenvalue weighted by atomic mass is 35.5. The average molecular weight is 563 g/mol. The molecule has 0 saturated heterocycles. The monoisotopic (exact) mass is 562 g/mol. The summed E-state index contributed by atoms with van der Waals surface area (Å²) < 4.78 is 17.1. The molecule has 2 heterocycles. The smallest absolute Gasteiger partial charge is 0.363 e. The number of fused-ring (bicyclic) bond motifs is 1. The summed E-state index contributed by atoms with van der Waals surface area (Å²) in [6.07, 6.45) is 1.55. The summed E-state index contributed by atoms with van der Waals surface area (Å²) in [5.41, 5.74) is 2.34. The van der Waals surface area contributed by atoms with Crippen LogP contribution in [0.15, 0.2) is 71.4 Å². The number of non-ortho nitro benzene ring substituents is 1. The van der Waals surface area contributed by atoms with E-state index in [1.54, 1.807) is 25.1 Å². The van der Waals surface area contributed by atoms with Crippen molar-refractivity contribution in [2.24, 2.45) is 4.99 Å². The number of nitro groups is 1. The highest BCUT2D eigenvalue weighted by molar-refractivity contribution is 7.21. The quantitative estimate of drug-likeness (QED) is 0.0805. The molecular formula is C28H19ClN2O7S. The van der Waals surface area contributed by atoms with E-state index >= 15 is 0 Å². The third-order valence-corrected chi connectivity index (χ3v) is 7.34. The number of esters is 2. The summed E-state index contributed by atoms with van der Waals surface area (Å²) in [5, 5.41) is 11.8. The molecule has 0 saturated carbocycles. The number of cyclic esters (lactones) is 1. The van der Waals surface area contributed by atoms with E-state index in [0.29, 0.717) is 21.2 Å². The van der Waals surface area contributed by atoms with Gasteiger partial charge in [-0.3, -0.25) is 10.1 Å². The van der Waals surface area contributed by atoms with Crippen molar-refractivity contribution in [1.82, 2.24) is 0 Å². The Bertz CT molecular complexity index is 1710. The fraction of sp³-hybridized carbons (Fsp3) is 0.107. The van der Waals surface area contributed by atoms with Crippen LogP contribution >= 0.6 is 22.9 Å². The molecule has 0 amide bonds. The lowest BCUT2D eigenvalue weighted by atomic mass is 10.1. The number of thiophene rings is 1. The van der Waals surface area contributed by atoms with Gasteiger partial charge in [-0.1, -0.05) is 35.4 Å². The first-order valence-corrected chi connectivity index (χ1v) is 12.9. The van der Waals surface area contributed by atoms with Crippen LogP contribution in [0, 0.1) is 17.0 Å². The van der Waals surface area contributed by atoms with E-state index in [4.69, 9.17) is 25.8 Å². The molecule has 196 valence electrons. The SMILES string of the molecule is CCOc1cc(/C=C2/N=C(c3ccc(C)cc3)OC2=O)ccc1OC(=O)c1sc2cc([N+](=O)[O-])ccc2c1Cl. The Morgan fingerprint density at radius 3 is 2.62 bits per heavy atom. The van der Waals surface area contributed by atoms with Crippen molar-refractivity contribution < 1.29 is 28.7 Å². The van der Waals surface area contributed by atoms with Gasteiger partial charge in [0.1, 0.15) is 4.88 Å². The normalized spacial score (nSPS) is 13.9. The van der Waals surface area contributed by atoms with Gasteiger partial charge < -0.3 is 14.2 Å². The van der Waals surface area contributed by atoms with Gasteiger partial charge in [-0.25, -0.2) is 14.6 Å². The molecule has 0 spiro atoms. The van der Waals surface area contributed by atoms with E-state index in [0.717, 1.165) is 16.9 Å². The zero-order chi connectivity index (χ0) is 27.7. The molecule has 0 bridgehead atoms. The minimum Gasteiger partial charge on any atom is -0.490 e. The van der Waals surface area contributed by atoms with Crippen molar-refractivity contribution in [3.05, 3.63) is 103 Å². The second-order valence-corrected chi connectivity index (χ2v) is 9.84. The predicted octanol–water partition coefficient (Wildman–Crippen LogP) is 6.73. The largest absolute Gasteiger partial charge is 0.490 e. The third-order valence-electron chi connectivity index (χ3n) is 5.70. The Labute approximate surface area is 231 Å². The van der Waals surface area contributed by atoms with Crippen molar-refractivity contribution in [3.63, 3.8) is 0 Å². The van der Waals surface area contributed by atoms with Gasteiger partial charge in [-0.15, -0.1) is 11.3 Å². The minimum absolute atomic E-state index is 0.104. The summed E-state index contributed by atoms with van der Waals surface area (Å²) in [4.78, 5) is 40.4. The highest BCUT2D eigenvalue weighted by Crippen LogP contribution is 2.39. The highest BCUT2D eigenvalue weighted by Gasteiger charge is 2.25. The van der Waals surface area contributed by atoms with E-state index in [9.17, 15) is 19.7 Å². The lowest BCUT2D eigenvalue weighted by molar-refractivity contribution is -0.384. The van der Waals surface area contributed by atoms with E-state index in [1.807, 2.05) is 31.2 Å².